The molecule has 0 radical (unpaired) electrons. The van der Waals surface area contributed by atoms with Crippen molar-refractivity contribution >= 4 is 28.9 Å². The molecule has 0 bridgehead atoms. The molecule has 2 unspecified atom stereocenters. The number of aromatic carboxylic acids is 1. The SMILES string of the molecule is C=C1CC2CC2c2cc(N3CCN(c4cccc(C(=O)O)c4)C3=O)ccc21. The van der Waals surface area contributed by atoms with Gasteiger partial charge in [-0.05, 0) is 71.7 Å². The van der Waals surface area contributed by atoms with E-state index < -0.39 is 5.97 Å². The summed E-state index contributed by atoms with van der Waals surface area (Å²) < 4.78 is 0. The van der Waals surface area contributed by atoms with Crippen LogP contribution in [-0.2, 0) is 0 Å². The summed E-state index contributed by atoms with van der Waals surface area (Å²) in [4.78, 5) is 27.6. The van der Waals surface area contributed by atoms with Gasteiger partial charge < -0.3 is 5.11 Å². The average Bonchev–Trinajstić information content (AvgIpc) is 3.34. The average molecular weight is 360 g/mol. The number of anilines is 2. The van der Waals surface area contributed by atoms with E-state index in [-0.39, 0.29) is 11.6 Å². The van der Waals surface area contributed by atoms with E-state index in [0.717, 1.165) is 18.0 Å². The number of amides is 2. The first-order chi connectivity index (χ1) is 13.0. The van der Waals surface area contributed by atoms with Crippen molar-refractivity contribution in [2.24, 2.45) is 5.92 Å². The molecule has 1 aliphatic heterocycles. The van der Waals surface area contributed by atoms with E-state index >= 15 is 0 Å². The molecule has 2 atom stereocenters. The van der Waals surface area contributed by atoms with Crippen LogP contribution in [0, 0.1) is 5.92 Å². The van der Waals surface area contributed by atoms with Gasteiger partial charge in [0.15, 0.2) is 0 Å². The molecular weight excluding hydrogens is 340 g/mol. The van der Waals surface area contributed by atoms with Crippen molar-refractivity contribution in [3.05, 3.63) is 65.7 Å². The second kappa shape index (κ2) is 5.71. The Morgan fingerprint density at radius 3 is 2.56 bits per heavy atom. The minimum atomic E-state index is -0.991. The van der Waals surface area contributed by atoms with Crippen LogP contribution < -0.4 is 9.80 Å². The number of nitrogens with zero attached hydrogens (tertiary/aromatic N) is 2. The highest BCUT2D eigenvalue weighted by atomic mass is 16.4. The van der Waals surface area contributed by atoms with Crippen molar-refractivity contribution in [1.82, 2.24) is 0 Å². The molecule has 5 heteroatoms. The number of carbonyl (C=O) groups excluding carboxylic acids is 1. The van der Waals surface area contributed by atoms with Gasteiger partial charge >= 0.3 is 12.0 Å². The smallest absolute Gasteiger partial charge is 0.335 e. The Bertz CT molecular complexity index is 997. The minimum absolute atomic E-state index is 0.112. The van der Waals surface area contributed by atoms with Crippen LogP contribution >= 0.6 is 0 Å². The summed E-state index contributed by atoms with van der Waals surface area (Å²) in [5.74, 6) is 0.352. The number of benzene rings is 2. The number of hydrogen-bond acceptors (Lipinski definition) is 2. The van der Waals surface area contributed by atoms with E-state index in [4.69, 9.17) is 0 Å². The molecule has 0 spiro atoms. The van der Waals surface area contributed by atoms with E-state index in [9.17, 15) is 14.7 Å². The first-order valence-electron chi connectivity index (χ1n) is 9.27. The van der Waals surface area contributed by atoms with E-state index in [1.807, 2.05) is 6.07 Å². The highest BCUT2D eigenvalue weighted by Gasteiger charge is 2.44. The molecule has 0 aromatic heterocycles. The maximum absolute atomic E-state index is 13.0. The number of carboxylic acids is 1. The van der Waals surface area contributed by atoms with E-state index in [2.05, 4.69) is 18.7 Å². The highest BCUT2D eigenvalue weighted by molar-refractivity contribution is 6.06. The van der Waals surface area contributed by atoms with Crippen LogP contribution in [0.1, 0.15) is 40.2 Å². The lowest BCUT2D eigenvalue weighted by Crippen LogP contribution is -2.31. The highest BCUT2D eigenvalue weighted by Crippen LogP contribution is 2.57. The normalized spacial score (nSPS) is 23.3. The van der Waals surface area contributed by atoms with Gasteiger partial charge in [-0.3, -0.25) is 9.80 Å². The fourth-order valence-corrected chi connectivity index (χ4v) is 4.45. The van der Waals surface area contributed by atoms with Crippen molar-refractivity contribution in [1.29, 1.82) is 0 Å². The lowest BCUT2D eigenvalue weighted by Gasteiger charge is -2.23. The Kier molecular flexibility index (Phi) is 3.41. The molecule has 1 heterocycles. The third-order valence-electron chi connectivity index (χ3n) is 5.97. The second-order valence-corrected chi connectivity index (χ2v) is 7.62. The number of allylic oxidation sites excluding steroid dienone is 1. The standard InChI is InChI=1S/C22H20N2O3/c1-13-9-15-11-19(15)20-12-17(5-6-18(13)20)24-8-7-23(22(24)27)16-4-2-3-14(10-16)21(25)26/h2-6,10,12,15,19H,1,7-9,11H2,(H,25,26). The topological polar surface area (TPSA) is 60.9 Å². The molecule has 2 fully saturated rings. The first kappa shape index (κ1) is 16.1. The zero-order valence-electron chi connectivity index (χ0n) is 14.9. The molecule has 136 valence electrons. The maximum atomic E-state index is 13.0. The van der Waals surface area contributed by atoms with Gasteiger partial charge in [0.05, 0.1) is 5.56 Å². The summed E-state index contributed by atoms with van der Waals surface area (Å²) in [5, 5.41) is 9.19. The number of fused-ring (bicyclic) bond motifs is 3. The van der Waals surface area contributed by atoms with Crippen LogP contribution in [0.15, 0.2) is 49.0 Å². The first-order valence-corrected chi connectivity index (χ1v) is 9.27. The number of rotatable bonds is 3. The summed E-state index contributed by atoms with van der Waals surface area (Å²) in [6.07, 6.45) is 2.31. The lowest BCUT2D eigenvalue weighted by molar-refractivity contribution is 0.0697. The van der Waals surface area contributed by atoms with Crippen molar-refractivity contribution < 1.29 is 14.7 Å². The number of hydrogen-bond donors (Lipinski definition) is 1. The molecule has 27 heavy (non-hydrogen) atoms. The predicted octanol–water partition coefficient (Wildman–Crippen LogP) is 4.35. The van der Waals surface area contributed by atoms with Crippen LogP contribution in [0.5, 0.6) is 0 Å². The number of carbonyl (C=O) groups is 2. The van der Waals surface area contributed by atoms with E-state index in [1.54, 1.807) is 28.0 Å². The van der Waals surface area contributed by atoms with Gasteiger partial charge in [0.1, 0.15) is 0 Å². The molecule has 2 aromatic carbocycles. The molecule has 1 saturated heterocycles. The van der Waals surface area contributed by atoms with Gasteiger partial charge in [0, 0.05) is 24.5 Å². The zero-order chi connectivity index (χ0) is 18.7. The second-order valence-electron chi connectivity index (χ2n) is 7.62. The molecular formula is C22H20N2O3. The number of urea groups is 1. The number of carboxylic acid groups (broad SMARTS) is 1. The fraction of sp³-hybridized carbons (Fsp3) is 0.273. The van der Waals surface area contributed by atoms with Crippen molar-refractivity contribution in [2.75, 3.05) is 22.9 Å². The Hall–Kier alpha value is -3.08. The van der Waals surface area contributed by atoms with Gasteiger partial charge in [-0.1, -0.05) is 18.7 Å². The molecule has 2 amide bonds. The van der Waals surface area contributed by atoms with Gasteiger partial charge in [0.25, 0.3) is 0 Å². The zero-order valence-corrected chi connectivity index (χ0v) is 14.9. The monoisotopic (exact) mass is 360 g/mol. The van der Waals surface area contributed by atoms with Crippen LogP contribution in [0.2, 0.25) is 0 Å². The Morgan fingerprint density at radius 1 is 1.07 bits per heavy atom. The van der Waals surface area contributed by atoms with Crippen molar-refractivity contribution in [3.8, 4) is 0 Å². The Balaban J connectivity index is 1.44. The Morgan fingerprint density at radius 2 is 1.81 bits per heavy atom. The van der Waals surface area contributed by atoms with Gasteiger partial charge in [-0.25, -0.2) is 9.59 Å². The van der Waals surface area contributed by atoms with E-state index in [1.165, 1.54) is 29.2 Å². The van der Waals surface area contributed by atoms with Gasteiger partial charge in [-0.2, -0.15) is 0 Å². The largest absolute Gasteiger partial charge is 0.478 e. The minimum Gasteiger partial charge on any atom is -0.478 e. The molecule has 5 nitrogen and oxygen atoms in total. The summed E-state index contributed by atoms with van der Waals surface area (Å²) >= 11 is 0. The fourth-order valence-electron chi connectivity index (χ4n) is 4.45. The molecule has 3 aliphatic rings. The van der Waals surface area contributed by atoms with Crippen LogP contribution in [0.4, 0.5) is 16.2 Å². The Labute approximate surface area is 157 Å². The molecule has 5 rings (SSSR count). The van der Waals surface area contributed by atoms with Crippen LogP contribution in [0.25, 0.3) is 5.57 Å². The summed E-state index contributed by atoms with van der Waals surface area (Å²) in [6, 6.07) is 12.7. The molecule has 1 N–H and O–H groups in total. The maximum Gasteiger partial charge on any atom is 0.335 e. The van der Waals surface area contributed by atoms with Crippen LogP contribution in [-0.4, -0.2) is 30.2 Å². The lowest BCUT2D eigenvalue weighted by atomic mass is 9.88. The third-order valence-corrected chi connectivity index (χ3v) is 5.97. The van der Waals surface area contributed by atoms with E-state index in [0.29, 0.717) is 24.7 Å². The molecule has 2 aliphatic carbocycles. The molecule has 1 saturated carbocycles. The van der Waals surface area contributed by atoms with Crippen molar-refractivity contribution in [2.45, 2.75) is 18.8 Å². The van der Waals surface area contributed by atoms with Gasteiger partial charge in [-0.15, -0.1) is 0 Å². The summed E-state index contributed by atoms with van der Waals surface area (Å²) in [6.45, 7) is 5.34. The summed E-state index contributed by atoms with van der Waals surface area (Å²) in [7, 11) is 0. The van der Waals surface area contributed by atoms with Gasteiger partial charge in [0.2, 0.25) is 0 Å². The van der Waals surface area contributed by atoms with Crippen LogP contribution in [0.3, 0.4) is 0 Å². The van der Waals surface area contributed by atoms with Crippen molar-refractivity contribution in [3.63, 3.8) is 0 Å². The predicted molar refractivity (Wildman–Crippen MR) is 104 cm³/mol. The summed E-state index contributed by atoms with van der Waals surface area (Å²) in [5.41, 5.74) is 5.50. The molecule has 2 aromatic rings. The third kappa shape index (κ3) is 2.53. The quantitative estimate of drug-likeness (QED) is 0.885.